The molecule has 1 fully saturated rings. The van der Waals surface area contributed by atoms with Gasteiger partial charge in [-0.25, -0.2) is 0 Å². The van der Waals surface area contributed by atoms with Crippen LogP contribution in [0, 0.1) is 6.92 Å². The van der Waals surface area contributed by atoms with E-state index in [9.17, 15) is 4.79 Å². The molecule has 134 valence electrons. The molecule has 3 N–H and O–H groups in total. The molecule has 0 spiro atoms. The normalized spacial score (nSPS) is 20.4. The lowest BCUT2D eigenvalue weighted by Crippen LogP contribution is -2.43. The van der Waals surface area contributed by atoms with E-state index < -0.39 is 0 Å². The second-order valence-corrected chi connectivity index (χ2v) is 6.78. The maximum Gasteiger partial charge on any atom is 0.274 e. The number of anilines is 1. The number of nitrogens with one attached hydrogen (secondary N) is 1. The van der Waals surface area contributed by atoms with Gasteiger partial charge in [-0.05, 0) is 56.4 Å². The summed E-state index contributed by atoms with van der Waals surface area (Å²) >= 11 is 0. The highest BCUT2D eigenvalue weighted by Gasteiger charge is 2.30. The summed E-state index contributed by atoms with van der Waals surface area (Å²) in [6.45, 7) is 2.44. The predicted octanol–water partition coefficient (Wildman–Crippen LogP) is 2.90. The SMILES string of the molecule is COC1CCC(N(Cc2cccc(N)c2)C(=O)c2cc(C)[nH]n2)CC1. The van der Waals surface area contributed by atoms with Gasteiger partial charge in [-0.2, -0.15) is 5.10 Å². The molecule has 0 unspecified atom stereocenters. The van der Waals surface area contributed by atoms with E-state index in [4.69, 9.17) is 10.5 Å². The number of aryl methyl sites for hydroxylation is 1. The van der Waals surface area contributed by atoms with Gasteiger partial charge in [-0.3, -0.25) is 9.89 Å². The quantitative estimate of drug-likeness (QED) is 0.818. The Morgan fingerprint density at radius 3 is 2.68 bits per heavy atom. The average Bonchev–Trinajstić information content (AvgIpc) is 3.06. The fourth-order valence-electron chi connectivity index (χ4n) is 3.52. The molecule has 0 atom stereocenters. The number of carbonyl (C=O) groups excluding carboxylic acids is 1. The number of aromatic amines is 1. The standard InChI is InChI=1S/C19H26N4O2/c1-13-10-18(22-21-13)19(24)23(12-14-4-3-5-15(20)11-14)16-6-8-17(25-2)9-7-16/h3-5,10-11,16-17H,6-9,12,20H2,1-2H3,(H,21,22). The molecule has 1 amide bonds. The van der Waals surface area contributed by atoms with Crippen molar-refractivity contribution in [2.45, 2.75) is 51.3 Å². The van der Waals surface area contributed by atoms with Gasteiger partial charge in [0.25, 0.3) is 5.91 Å². The fraction of sp³-hybridized carbons (Fsp3) is 0.474. The first kappa shape index (κ1) is 17.5. The molecular formula is C19H26N4O2. The van der Waals surface area contributed by atoms with Gasteiger partial charge in [0.05, 0.1) is 6.10 Å². The van der Waals surface area contributed by atoms with Crippen LogP contribution in [0.5, 0.6) is 0 Å². The van der Waals surface area contributed by atoms with E-state index in [0.29, 0.717) is 24.0 Å². The summed E-state index contributed by atoms with van der Waals surface area (Å²) < 4.78 is 5.46. The van der Waals surface area contributed by atoms with Gasteiger partial charge >= 0.3 is 0 Å². The summed E-state index contributed by atoms with van der Waals surface area (Å²) in [4.78, 5) is 15.0. The third kappa shape index (κ3) is 4.20. The van der Waals surface area contributed by atoms with Gasteiger partial charge < -0.3 is 15.4 Å². The number of amides is 1. The van der Waals surface area contributed by atoms with E-state index in [1.807, 2.05) is 36.1 Å². The third-order valence-corrected chi connectivity index (χ3v) is 4.91. The van der Waals surface area contributed by atoms with Crippen molar-refractivity contribution in [3.8, 4) is 0 Å². The number of H-pyrrole nitrogens is 1. The van der Waals surface area contributed by atoms with Gasteiger partial charge in [0.15, 0.2) is 0 Å². The summed E-state index contributed by atoms with van der Waals surface area (Å²) in [6, 6.07) is 9.71. The molecule has 1 aromatic heterocycles. The van der Waals surface area contributed by atoms with Crippen LogP contribution in [0.25, 0.3) is 0 Å². The highest BCUT2D eigenvalue weighted by molar-refractivity contribution is 5.92. The summed E-state index contributed by atoms with van der Waals surface area (Å²) in [5.74, 6) is -0.0346. The average molecular weight is 342 g/mol. The summed E-state index contributed by atoms with van der Waals surface area (Å²) in [7, 11) is 1.76. The smallest absolute Gasteiger partial charge is 0.274 e. The second-order valence-electron chi connectivity index (χ2n) is 6.78. The van der Waals surface area contributed by atoms with Crippen LogP contribution in [-0.4, -0.2) is 40.3 Å². The number of nitrogens with two attached hydrogens (primary N) is 1. The van der Waals surface area contributed by atoms with Gasteiger partial charge in [-0.1, -0.05) is 12.1 Å². The molecule has 2 aromatic rings. The Labute approximate surface area is 148 Å². The van der Waals surface area contributed by atoms with Gasteiger partial charge in [-0.15, -0.1) is 0 Å². The van der Waals surface area contributed by atoms with Crippen molar-refractivity contribution in [1.29, 1.82) is 0 Å². The molecule has 1 heterocycles. The Hall–Kier alpha value is -2.34. The van der Waals surface area contributed by atoms with E-state index in [1.165, 1.54) is 0 Å². The molecule has 1 aromatic carbocycles. The first-order chi connectivity index (χ1) is 12.1. The number of nitrogen functional groups attached to an aromatic ring is 1. The third-order valence-electron chi connectivity index (χ3n) is 4.91. The lowest BCUT2D eigenvalue weighted by atomic mass is 9.91. The Morgan fingerprint density at radius 1 is 1.32 bits per heavy atom. The molecule has 25 heavy (non-hydrogen) atoms. The zero-order valence-corrected chi connectivity index (χ0v) is 14.9. The lowest BCUT2D eigenvalue weighted by Gasteiger charge is -2.36. The van der Waals surface area contributed by atoms with Crippen LogP contribution >= 0.6 is 0 Å². The molecule has 1 saturated carbocycles. The molecule has 0 radical (unpaired) electrons. The van der Waals surface area contributed by atoms with Crippen LogP contribution in [0.4, 0.5) is 5.69 Å². The van der Waals surface area contributed by atoms with Crippen LogP contribution < -0.4 is 5.73 Å². The van der Waals surface area contributed by atoms with Gasteiger partial charge in [0, 0.05) is 31.1 Å². The van der Waals surface area contributed by atoms with Crippen molar-refractivity contribution in [2.24, 2.45) is 0 Å². The number of rotatable bonds is 5. The highest BCUT2D eigenvalue weighted by Crippen LogP contribution is 2.27. The maximum atomic E-state index is 13.1. The van der Waals surface area contributed by atoms with Gasteiger partial charge in [0.2, 0.25) is 0 Å². The zero-order valence-electron chi connectivity index (χ0n) is 14.9. The van der Waals surface area contributed by atoms with Crippen LogP contribution in [0.1, 0.15) is 47.4 Å². The van der Waals surface area contributed by atoms with Crippen molar-refractivity contribution in [2.75, 3.05) is 12.8 Å². The minimum absolute atomic E-state index is 0.0346. The van der Waals surface area contributed by atoms with E-state index >= 15 is 0 Å². The highest BCUT2D eigenvalue weighted by atomic mass is 16.5. The molecular weight excluding hydrogens is 316 g/mol. The first-order valence-electron chi connectivity index (χ1n) is 8.77. The molecule has 1 aliphatic carbocycles. The number of methoxy groups -OCH3 is 1. The molecule has 0 aliphatic heterocycles. The van der Waals surface area contributed by atoms with Crippen LogP contribution in [0.15, 0.2) is 30.3 Å². The Balaban J connectivity index is 1.81. The molecule has 0 saturated heterocycles. The number of hydrogen-bond donors (Lipinski definition) is 2. The zero-order chi connectivity index (χ0) is 17.8. The minimum Gasteiger partial charge on any atom is -0.399 e. The van der Waals surface area contributed by atoms with E-state index in [0.717, 1.165) is 36.9 Å². The number of hydrogen-bond acceptors (Lipinski definition) is 4. The van der Waals surface area contributed by atoms with Crippen LogP contribution in [0.3, 0.4) is 0 Å². The van der Waals surface area contributed by atoms with Gasteiger partial charge in [0.1, 0.15) is 5.69 Å². The minimum atomic E-state index is -0.0346. The van der Waals surface area contributed by atoms with Crippen LogP contribution in [0.2, 0.25) is 0 Å². The molecule has 6 nitrogen and oxygen atoms in total. The number of carbonyl (C=O) groups is 1. The predicted molar refractivity (Wildman–Crippen MR) is 97.1 cm³/mol. The van der Waals surface area contributed by atoms with Crippen molar-refractivity contribution >= 4 is 11.6 Å². The number of ether oxygens (including phenoxy) is 1. The topological polar surface area (TPSA) is 84.2 Å². The number of aromatic nitrogens is 2. The monoisotopic (exact) mass is 342 g/mol. The summed E-state index contributed by atoms with van der Waals surface area (Å²) in [6.07, 6.45) is 4.13. The Morgan fingerprint density at radius 2 is 2.08 bits per heavy atom. The van der Waals surface area contributed by atoms with Crippen molar-refractivity contribution < 1.29 is 9.53 Å². The van der Waals surface area contributed by atoms with Crippen molar-refractivity contribution in [3.05, 3.63) is 47.3 Å². The lowest BCUT2D eigenvalue weighted by molar-refractivity contribution is 0.0310. The molecule has 3 rings (SSSR count). The largest absolute Gasteiger partial charge is 0.399 e. The van der Waals surface area contributed by atoms with E-state index in [1.54, 1.807) is 13.2 Å². The van der Waals surface area contributed by atoms with Crippen molar-refractivity contribution in [3.63, 3.8) is 0 Å². The fourth-order valence-corrected chi connectivity index (χ4v) is 3.52. The van der Waals surface area contributed by atoms with E-state index in [-0.39, 0.29) is 11.9 Å². The number of nitrogens with zero attached hydrogens (tertiary/aromatic N) is 2. The molecule has 1 aliphatic rings. The Kier molecular flexibility index (Phi) is 5.38. The Bertz CT molecular complexity index is 720. The maximum absolute atomic E-state index is 13.1. The second kappa shape index (κ2) is 7.70. The number of benzene rings is 1. The molecule has 6 heteroatoms. The van der Waals surface area contributed by atoms with Crippen LogP contribution in [-0.2, 0) is 11.3 Å². The summed E-state index contributed by atoms with van der Waals surface area (Å²) in [5.41, 5.74) is 9.00. The summed E-state index contributed by atoms with van der Waals surface area (Å²) in [5, 5.41) is 7.02. The molecule has 0 bridgehead atoms. The van der Waals surface area contributed by atoms with E-state index in [2.05, 4.69) is 10.2 Å². The van der Waals surface area contributed by atoms with Crippen molar-refractivity contribution in [1.82, 2.24) is 15.1 Å². The first-order valence-corrected chi connectivity index (χ1v) is 8.77.